The average Bonchev–Trinajstić information content (AvgIpc) is 2.64. The molecule has 1 N–H and O–H groups in total. The first-order chi connectivity index (χ1) is 12.1. The second-order valence-electron chi connectivity index (χ2n) is 6.87. The van der Waals surface area contributed by atoms with E-state index in [0.717, 1.165) is 37.5 Å². The van der Waals surface area contributed by atoms with Crippen LogP contribution < -0.4 is 9.64 Å². The standard InChI is InChI=1S/C21H28N2O2/c1-16-4-5-17(2)20(14-16)23-12-10-22(11-13-23)15-21(24)18-6-8-19(25-3)9-7-18/h4-9,14,21,24H,10-13,15H2,1-3H3/t21-/m0/s1. The molecule has 0 spiro atoms. The largest absolute Gasteiger partial charge is 0.497 e. The second kappa shape index (κ2) is 7.89. The van der Waals surface area contributed by atoms with Crippen molar-refractivity contribution in [2.75, 3.05) is 44.7 Å². The predicted octanol–water partition coefficient (Wildman–Crippen LogP) is 3.17. The van der Waals surface area contributed by atoms with Crippen LogP contribution in [0.25, 0.3) is 0 Å². The molecule has 0 aromatic heterocycles. The van der Waals surface area contributed by atoms with Crippen molar-refractivity contribution in [1.29, 1.82) is 0 Å². The zero-order valence-corrected chi connectivity index (χ0v) is 15.4. The molecular weight excluding hydrogens is 312 g/mol. The first-order valence-corrected chi connectivity index (χ1v) is 8.93. The average molecular weight is 340 g/mol. The number of benzene rings is 2. The topological polar surface area (TPSA) is 35.9 Å². The van der Waals surface area contributed by atoms with Gasteiger partial charge in [-0.05, 0) is 48.7 Å². The Morgan fingerprint density at radius 3 is 2.32 bits per heavy atom. The molecule has 134 valence electrons. The van der Waals surface area contributed by atoms with Crippen LogP contribution in [-0.2, 0) is 0 Å². The van der Waals surface area contributed by atoms with Crippen LogP contribution in [0.5, 0.6) is 5.75 Å². The summed E-state index contributed by atoms with van der Waals surface area (Å²) >= 11 is 0. The molecule has 3 rings (SSSR count). The lowest BCUT2D eigenvalue weighted by atomic mass is 10.1. The molecule has 0 bridgehead atoms. The summed E-state index contributed by atoms with van der Waals surface area (Å²) in [7, 11) is 1.65. The number of β-amino-alcohol motifs (C(OH)–C–C–N with tert-alkyl or cyclic N) is 1. The lowest BCUT2D eigenvalue weighted by Crippen LogP contribution is -2.47. The molecular formula is C21H28N2O2. The van der Waals surface area contributed by atoms with E-state index in [-0.39, 0.29) is 0 Å². The van der Waals surface area contributed by atoms with E-state index in [0.29, 0.717) is 6.54 Å². The maximum absolute atomic E-state index is 10.5. The van der Waals surface area contributed by atoms with Gasteiger partial charge in [0.2, 0.25) is 0 Å². The minimum atomic E-state index is -0.460. The van der Waals surface area contributed by atoms with Gasteiger partial charge in [0, 0.05) is 38.4 Å². The van der Waals surface area contributed by atoms with Crippen LogP contribution in [0.15, 0.2) is 42.5 Å². The molecule has 0 amide bonds. The maximum atomic E-state index is 10.5. The van der Waals surface area contributed by atoms with Crippen LogP contribution in [0.1, 0.15) is 22.8 Å². The van der Waals surface area contributed by atoms with Gasteiger partial charge in [0.05, 0.1) is 13.2 Å². The number of piperazine rings is 1. The van der Waals surface area contributed by atoms with E-state index in [4.69, 9.17) is 4.74 Å². The zero-order valence-electron chi connectivity index (χ0n) is 15.4. The molecule has 0 unspecified atom stereocenters. The fourth-order valence-electron chi connectivity index (χ4n) is 3.41. The summed E-state index contributed by atoms with van der Waals surface area (Å²) < 4.78 is 5.17. The van der Waals surface area contributed by atoms with Gasteiger partial charge in [-0.1, -0.05) is 24.3 Å². The van der Waals surface area contributed by atoms with E-state index >= 15 is 0 Å². The van der Waals surface area contributed by atoms with Crippen LogP contribution in [0.2, 0.25) is 0 Å². The highest BCUT2D eigenvalue weighted by Crippen LogP contribution is 2.24. The van der Waals surface area contributed by atoms with Gasteiger partial charge in [0.25, 0.3) is 0 Å². The molecule has 25 heavy (non-hydrogen) atoms. The zero-order chi connectivity index (χ0) is 17.8. The lowest BCUT2D eigenvalue weighted by molar-refractivity contribution is 0.109. The van der Waals surface area contributed by atoms with Crippen LogP contribution >= 0.6 is 0 Å². The number of methoxy groups -OCH3 is 1. The van der Waals surface area contributed by atoms with Crippen molar-refractivity contribution >= 4 is 5.69 Å². The summed E-state index contributed by atoms with van der Waals surface area (Å²) in [5, 5.41) is 10.5. The number of aliphatic hydroxyl groups excluding tert-OH is 1. The van der Waals surface area contributed by atoms with Crippen LogP contribution in [-0.4, -0.2) is 49.8 Å². The predicted molar refractivity (Wildman–Crippen MR) is 103 cm³/mol. The normalized spacial score (nSPS) is 16.7. The summed E-state index contributed by atoms with van der Waals surface area (Å²) in [6.45, 7) is 8.94. The van der Waals surface area contributed by atoms with Crippen LogP contribution in [0.4, 0.5) is 5.69 Å². The van der Waals surface area contributed by atoms with E-state index < -0.39 is 6.10 Å². The Hall–Kier alpha value is -2.04. The molecule has 4 nitrogen and oxygen atoms in total. The highest BCUT2D eigenvalue weighted by molar-refractivity contribution is 5.55. The van der Waals surface area contributed by atoms with Gasteiger partial charge in [0.1, 0.15) is 5.75 Å². The van der Waals surface area contributed by atoms with E-state index in [1.807, 2.05) is 24.3 Å². The van der Waals surface area contributed by atoms with Gasteiger partial charge in [-0.25, -0.2) is 0 Å². The number of aliphatic hydroxyl groups is 1. The summed E-state index contributed by atoms with van der Waals surface area (Å²) in [5.74, 6) is 0.818. The Morgan fingerprint density at radius 2 is 1.68 bits per heavy atom. The Bertz CT molecular complexity index is 692. The van der Waals surface area contributed by atoms with E-state index in [9.17, 15) is 5.11 Å². The number of ether oxygens (including phenoxy) is 1. The number of nitrogens with zero attached hydrogens (tertiary/aromatic N) is 2. The molecule has 0 aliphatic carbocycles. The van der Waals surface area contributed by atoms with Gasteiger partial charge in [-0.3, -0.25) is 4.90 Å². The molecule has 0 saturated carbocycles. The van der Waals surface area contributed by atoms with Gasteiger partial charge in [-0.15, -0.1) is 0 Å². The first-order valence-electron chi connectivity index (χ1n) is 8.93. The van der Waals surface area contributed by atoms with Gasteiger partial charge in [-0.2, -0.15) is 0 Å². The molecule has 2 aromatic rings. The molecule has 2 aromatic carbocycles. The third-order valence-corrected chi connectivity index (χ3v) is 5.01. The molecule has 1 aliphatic rings. The lowest BCUT2D eigenvalue weighted by Gasteiger charge is -2.37. The van der Waals surface area contributed by atoms with Gasteiger partial charge < -0.3 is 14.7 Å². The monoisotopic (exact) mass is 340 g/mol. The summed E-state index contributed by atoms with van der Waals surface area (Å²) in [6, 6.07) is 14.3. The molecule has 4 heteroatoms. The highest BCUT2D eigenvalue weighted by atomic mass is 16.5. The molecule has 1 atom stereocenters. The highest BCUT2D eigenvalue weighted by Gasteiger charge is 2.21. The third kappa shape index (κ3) is 4.33. The van der Waals surface area contributed by atoms with Gasteiger partial charge >= 0.3 is 0 Å². The van der Waals surface area contributed by atoms with E-state index in [1.54, 1.807) is 7.11 Å². The fraction of sp³-hybridized carbons (Fsp3) is 0.429. The summed E-state index contributed by atoms with van der Waals surface area (Å²) in [6.07, 6.45) is -0.460. The molecule has 1 saturated heterocycles. The van der Waals surface area contributed by atoms with Crippen molar-refractivity contribution in [3.05, 3.63) is 59.2 Å². The van der Waals surface area contributed by atoms with Crippen molar-refractivity contribution in [1.82, 2.24) is 4.90 Å². The van der Waals surface area contributed by atoms with Crippen molar-refractivity contribution in [2.24, 2.45) is 0 Å². The summed E-state index contributed by atoms with van der Waals surface area (Å²) in [4.78, 5) is 4.80. The van der Waals surface area contributed by atoms with E-state index in [1.165, 1.54) is 16.8 Å². The van der Waals surface area contributed by atoms with Crippen molar-refractivity contribution < 1.29 is 9.84 Å². The van der Waals surface area contributed by atoms with Gasteiger partial charge in [0.15, 0.2) is 0 Å². The Kier molecular flexibility index (Phi) is 5.61. The minimum Gasteiger partial charge on any atom is -0.497 e. The number of aryl methyl sites for hydroxylation is 2. The molecule has 1 aliphatic heterocycles. The maximum Gasteiger partial charge on any atom is 0.118 e. The molecule has 0 radical (unpaired) electrons. The first kappa shape index (κ1) is 17.8. The van der Waals surface area contributed by atoms with Crippen molar-refractivity contribution in [2.45, 2.75) is 20.0 Å². The second-order valence-corrected chi connectivity index (χ2v) is 6.87. The quantitative estimate of drug-likeness (QED) is 0.907. The van der Waals surface area contributed by atoms with Crippen LogP contribution in [0.3, 0.4) is 0 Å². The number of rotatable bonds is 5. The fourth-order valence-corrected chi connectivity index (χ4v) is 3.41. The van der Waals surface area contributed by atoms with Crippen molar-refractivity contribution in [3.63, 3.8) is 0 Å². The van der Waals surface area contributed by atoms with E-state index in [2.05, 4.69) is 41.8 Å². The SMILES string of the molecule is COc1ccc([C@@H](O)CN2CCN(c3cc(C)ccc3C)CC2)cc1. The Balaban J connectivity index is 1.56. The summed E-state index contributed by atoms with van der Waals surface area (Å²) in [5.41, 5.74) is 4.92. The van der Waals surface area contributed by atoms with Crippen LogP contribution in [0, 0.1) is 13.8 Å². The third-order valence-electron chi connectivity index (χ3n) is 5.01. The molecule has 1 fully saturated rings. The number of hydrogen-bond donors (Lipinski definition) is 1. The number of anilines is 1. The number of hydrogen-bond acceptors (Lipinski definition) is 4. The Labute approximate surface area is 150 Å². The smallest absolute Gasteiger partial charge is 0.118 e. The minimum absolute atomic E-state index is 0.460. The Morgan fingerprint density at radius 1 is 1.00 bits per heavy atom. The van der Waals surface area contributed by atoms with Crippen molar-refractivity contribution in [3.8, 4) is 5.75 Å². The molecule has 1 heterocycles.